The number of carbonyl (C=O) groups is 4. The van der Waals surface area contributed by atoms with E-state index in [0.29, 0.717) is 16.7 Å². The summed E-state index contributed by atoms with van der Waals surface area (Å²) in [5, 5.41) is 13.2. The van der Waals surface area contributed by atoms with Crippen LogP contribution >= 0.6 is 11.3 Å². The van der Waals surface area contributed by atoms with Gasteiger partial charge in [0.1, 0.15) is 0 Å². The number of likely N-dealkylation sites (tertiary alicyclic amines) is 1. The number of benzene rings is 3. The van der Waals surface area contributed by atoms with Gasteiger partial charge in [0, 0.05) is 27.8 Å². The van der Waals surface area contributed by atoms with E-state index in [1.807, 2.05) is 47.9 Å². The number of phenols is 1. The highest BCUT2D eigenvalue weighted by molar-refractivity contribution is 7.09. The van der Waals surface area contributed by atoms with Crippen molar-refractivity contribution < 1.29 is 28.7 Å². The van der Waals surface area contributed by atoms with Gasteiger partial charge in [0.05, 0.1) is 23.8 Å². The average molecular weight is 644 g/mol. The molecule has 6 unspecified atom stereocenters. The van der Waals surface area contributed by atoms with E-state index in [1.54, 1.807) is 42.5 Å². The minimum atomic E-state index is -1.53. The van der Waals surface area contributed by atoms with Crippen LogP contribution in [0.25, 0.3) is 5.57 Å². The zero-order chi connectivity index (χ0) is 32.4. The molecule has 1 saturated carbocycles. The predicted molar refractivity (Wildman–Crippen MR) is 175 cm³/mol. The fourth-order valence-corrected chi connectivity index (χ4v) is 9.46. The Morgan fingerprint density at radius 3 is 2.32 bits per heavy atom. The zero-order valence-electron chi connectivity index (χ0n) is 25.2. The van der Waals surface area contributed by atoms with Crippen LogP contribution in [-0.4, -0.2) is 33.4 Å². The number of halogens is 1. The first kappa shape index (κ1) is 29.5. The number of fused-ring (bicyclic) bond motifs is 4. The third-order valence-corrected chi connectivity index (χ3v) is 11.6. The number of nitrogens with zero attached hydrogens (tertiary/aromatic N) is 1. The van der Waals surface area contributed by atoms with Gasteiger partial charge in [-0.3, -0.25) is 24.1 Å². The van der Waals surface area contributed by atoms with Crippen molar-refractivity contribution in [3.63, 3.8) is 0 Å². The number of thiophene rings is 1. The van der Waals surface area contributed by atoms with Gasteiger partial charge in [-0.15, -0.1) is 11.3 Å². The van der Waals surface area contributed by atoms with Crippen molar-refractivity contribution in [3.05, 3.63) is 141 Å². The molecule has 47 heavy (non-hydrogen) atoms. The van der Waals surface area contributed by atoms with Gasteiger partial charge in [0.2, 0.25) is 11.8 Å². The number of carbonyl (C=O) groups excluding carboxylic acids is 4. The number of ketones is 2. The molecule has 1 saturated heterocycles. The molecule has 1 N–H and O–H groups in total. The first-order valence-corrected chi connectivity index (χ1v) is 16.7. The van der Waals surface area contributed by atoms with Crippen molar-refractivity contribution in [2.45, 2.75) is 30.7 Å². The molecule has 0 bridgehead atoms. The Bertz CT molecular complexity index is 2000. The molecule has 2 fully saturated rings. The minimum Gasteiger partial charge on any atom is -0.505 e. The Morgan fingerprint density at radius 2 is 1.60 bits per heavy atom. The molecular weight excluding hydrogens is 613 g/mol. The van der Waals surface area contributed by atoms with Crippen molar-refractivity contribution in [1.82, 2.24) is 4.90 Å². The van der Waals surface area contributed by atoms with Gasteiger partial charge in [-0.25, -0.2) is 4.39 Å². The SMILES string of the molecule is O=C1C(c2ccccc2)=CC(=O)C2(c3ccccc3)C1CC1C(=CCC3C(=O)N(Cc4cccs4)C(=O)C31)C2c1cccc(F)c1O. The molecule has 2 amide bonds. The van der Waals surface area contributed by atoms with Gasteiger partial charge >= 0.3 is 0 Å². The molecule has 6 nitrogen and oxygen atoms in total. The number of para-hydroxylation sites is 1. The van der Waals surface area contributed by atoms with Gasteiger partial charge in [-0.1, -0.05) is 90.5 Å². The maximum atomic E-state index is 15.2. The van der Waals surface area contributed by atoms with E-state index in [9.17, 15) is 24.3 Å². The number of hydrogen-bond donors (Lipinski definition) is 1. The minimum absolute atomic E-state index is 0.148. The summed E-state index contributed by atoms with van der Waals surface area (Å²) >= 11 is 1.47. The van der Waals surface area contributed by atoms with E-state index >= 15 is 4.39 Å². The Kier molecular flexibility index (Phi) is 6.95. The van der Waals surface area contributed by atoms with Crippen molar-refractivity contribution in [3.8, 4) is 5.75 Å². The van der Waals surface area contributed by atoms with Crippen LogP contribution in [0, 0.1) is 29.5 Å². The van der Waals surface area contributed by atoms with E-state index in [0.717, 1.165) is 10.9 Å². The smallest absolute Gasteiger partial charge is 0.234 e. The summed E-state index contributed by atoms with van der Waals surface area (Å²) in [6.45, 7) is 0.175. The largest absolute Gasteiger partial charge is 0.505 e. The summed E-state index contributed by atoms with van der Waals surface area (Å²) in [4.78, 5) is 60.1. The van der Waals surface area contributed by atoms with E-state index in [-0.39, 0.29) is 53.9 Å². The lowest BCUT2D eigenvalue weighted by atomic mass is 9.44. The van der Waals surface area contributed by atoms with E-state index in [1.165, 1.54) is 28.4 Å². The van der Waals surface area contributed by atoms with Crippen molar-refractivity contribution in [1.29, 1.82) is 0 Å². The normalized spacial score (nSPS) is 28.4. The van der Waals surface area contributed by atoms with E-state index < -0.39 is 46.6 Å². The number of rotatable bonds is 5. The maximum Gasteiger partial charge on any atom is 0.234 e. The highest BCUT2D eigenvalue weighted by atomic mass is 32.1. The number of hydrogen-bond acceptors (Lipinski definition) is 6. The highest BCUT2D eigenvalue weighted by Gasteiger charge is 2.66. The van der Waals surface area contributed by atoms with Crippen molar-refractivity contribution >= 4 is 40.3 Å². The Hall–Kier alpha value is -4.95. The number of phenolic OH excluding ortho intramolecular Hbond substituents is 1. The highest BCUT2D eigenvalue weighted by Crippen LogP contribution is 2.64. The number of imide groups is 1. The average Bonchev–Trinajstić information content (AvgIpc) is 3.70. The number of allylic oxidation sites excluding steroid dienone is 4. The second kappa shape index (κ2) is 11.1. The molecule has 234 valence electrons. The van der Waals surface area contributed by atoms with Crippen LogP contribution in [0.15, 0.2) is 114 Å². The van der Waals surface area contributed by atoms with Gasteiger partial charge < -0.3 is 5.11 Å². The second-order valence-electron chi connectivity index (χ2n) is 12.8. The number of aromatic hydroxyl groups is 1. The molecule has 0 radical (unpaired) electrons. The van der Waals surface area contributed by atoms with Crippen LogP contribution in [0.3, 0.4) is 0 Å². The molecule has 2 heterocycles. The Morgan fingerprint density at radius 1 is 0.851 bits per heavy atom. The zero-order valence-corrected chi connectivity index (χ0v) is 26.0. The summed E-state index contributed by atoms with van der Waals surface area (Å²) in [5.74, 6) is -6.43. The quantitative estimate of drug-likeness (QED) is 0.195. The molecule has 1 aliphatic heterocycles. The molecule has 4 aliphatic rings. The standard InChI is InChI=1S/C39H30FNO5S/c40-31-15-7-14-27(36(31)44)34-25-16-17-26-33(38(46)41(37(26)45)21-24-13-8-18-47-24)29(25)19-30-35(43)28(22-9-3-1-4-10-22)20-32(42)39(30,34)23-11-5-2-6-12-23/h1-16,18,20,26,29-30,33-34,44H,17,19,21H2. The van der Waals surface area contributed by atoms with Crippen LogP contribution in [0.2, 0.25) is 0 Å². The number of amides is 2. The third-order valence-electron chi connectivity index (χ3n) is 10.7. The summed E-state index contributed by atoms with van der Waals surface area (Å²) in [7, 11) is 0. The van der Waals surface area contributed by atoms with Crippen molar-refractivity contribution in [2.75, 3.05) is 0 Å². The molecule has 0 spiro atoms. The monoisotopic (exact) mass is 643 g/mol. The lowest BCUT2D eigenvalue weighted by Gasteiger charge is -2.55. The Labute approximate surface area is 274 Å². The lowest BCUT2D eigenvalue weighted by molar-refractivity contribution is -0.141. The molecular formula is C39H30FNO5S. The fourth-order valence-electron chi connectivity index (χ4n) is 8.76. The molecule has 8 rings (SSSR count). The topological polar surface area (TPSA) is 91.8 Å². The second-order valence-corrected chi connectivity index (χ2v) is 13.8. The molecule has 6 atom stereocenters. The van der Waals surface area contributed by atoms with Crippen LogP contribution in [-0.2, 0) is 31.1 Å². The maximum absolute atomic E-state index is 15.2. The lowest BCUT2D eigenvalue weighted by Crippen LogP contribution is -2.58. The van der Waals surface area contributed by atoms with Gasteiger partial charge in [-0.2, -0.15) is 0 Å². The van der Waals surface area contributed by atoms with Crippen LogP contribution in [0.1, 0.15) is 40.3 Å². The fraction of sp³-hybridized carbons (Fsp3) is 0.231. The third kappa shape index (κ3) is 4.27. The molecule has 3 aromatic carbocycles. The molecule has 3 aliphatic carbocycles. The van der Waals surface area contributed by atoms with Crippen molar-refractivity contribution in [2.24, 2.45) is 23.7 Å². The molecule has 8 heteroatoms. The van der Waals surface area contributed by atoms with Crippen LogP contribution in [0.5, 0.6) is 5.75 Å². The molecule has 1 aromatic heterocycles. The Balaban J connectivity index is 1.36. The molecule has 4 aromatic rings. The predicted octanol–water partition coefficient (Wildman–Crippen LogP) is 6.62. The number of Topliss-reactive ketones (excluding diaryl/α,β-unsaturated/α-hetero) is 1. The first-order chi connectivity index (χ1) is 22.8. The van der Waals surface area contributed by atoms with Gasteiger partial charge in [0.25, 0.3) is 0 Å². The van der Waals surface area contributed by atoms with Crippen LogP contribution < -0.4 is 0 Å². The van der Waals surface area contributed by atoms with E-state index in [2.05, 4.69) is 0 Å². The summed E-state index contributed by atoms with van der Waals surface area (Å²) in [6.07, 6.45) is 3.73. The summed E-state index contributed by atoms with van der Waals surface area (Å²) < 4.78 is 15.2. The summed E-state index contributed by atoms with van der Waals surface area (Å²) in [5.41, 5.74) is 0.800. The van der Waals surface area contributed by atoms with Gasteiger partial charge in [-0.05, 0) is 53.5 Å². The first-order valence-electron chi connectivity index (χ1n) is 15.8. The van der Waals surface area contributed by atoms with Gasteiger partial charge in [0.15, 0.2) is 23.1 Å². The summed E-state index contributed by atoms with van der Waals surface area (Å²) in [6, 6.07) is 26.1. The van der Waals surface area contributed by atoms with E-state index in [4.69, 9.17) is 0 Å². The van der Waals surface area contributed by atoms with Crippen LogP contribution in [0.4, 0.5) is 4.39 Å².